The summed E-state index contributed by atoms with van der Waals surface area (Å²) in [5.41, 5.74) is 0.0321. The molecule has 0 saturated carbocycles. The molecule has 3 nitrogen and oxygen atoms in total. The zero-order valence-corrected chi connectivity index (χ0v) is 10.0. The lowest BCUT2D eigenvalue weighted by Crippen LogP contribution is -2.52. The SMILES string of the molecule is CC(O)(Cc1ccc(F)cc1)N1CCOCC1. The Morgan fingerprint density at radius 1 is 1.29 bits per heavy atom. The van der Waals surface area contributed by atoms with Crippen LogP contribution in [0.4, 0.5) is 4.39 Å². The van der Waals surface area contributed by atoms with Crippen LogP contribution in [0.1, 0.15) is 12.5 Å². The van der Waals surface area contributed by atoms with E-state index in [9.17, 15) is 9.50 Å². The molecule has 1 aliphatic heterocycles. The third kappa shape index (κ3) is 3.25. The van der Waals surface area contributed by atoms with E-state index in [1.165, 1.54) is 12.1 Å². The van der Waals surface area contributed by atoms with Crippen LogP contribution in [0.25, 0.3) is 0 Å². The summed E-state index contributed by atoms with van der Waals surface area (Å²) in [6.07, 6.45) is 0.493. The fourth-order valence-corrected chi connectivity index (χ4v) is 2.15. The average Bonchev–Trinajstić information content (AvgIpc) is 2.33. The van der Waals surface area contributed by atoms with Crippen LogP contribution in [0, 0.1) is 5.82 Å². The molecule has 0 amide bonds. The molecule has 1 heterocycles. The van der Waals surface area contributed by atoms with Gasteiger partial charge in [0.15, 0.2) is 0 Å². The molecule has 0 aromatic heterocycles. The second-order valence-corrected chi connectivity index (χ2v) is 4.62. The Morgan fingerprint density at radius 3 is 2.47 bits per heavy atom. The molecule has 2 rings (SSSR count). The van der Waals surface area contributed by atoms with E-state index in [-0.39, 0.29) is 5.82 Å². The van der Waals surface area contributed by atoms with Gasteiger partial charge in [0.2, 0.25) is 0 Å². The topological polar surface area (TPSA) is 32.7 Å². The van der Waals surface area contributed by atoms with Crippen molar-refractivity contribution in [3.8, 4) is 0 Å². The highest BCUT2D eigenvalue weighted by atomic mass is 19.1. The summed E-state index contributed by atoms with van der Waals surface area (Å²) in [6.45, 7) is 4.56. The fourth-order valence-electron chi connectivity index (χ4n) is 2.15. The Balaban J connectivity index is 2.02. The van der Waals surface area contributed by atoms with Crippen molar-refractivity contribution in [1.82, 2.24) is 4.90 Å². The van der Waals surface area contributed by atoms with Crippen molar-refractivity contribution in [3.05, 3.63) is 35.6 Å². The van der Waals surface area contributed by atoms with Gasteiger partial charge in [-0.15, -0.1) is 0 Å². The van der Waals surface area contributed by atoms with E-state index >= 15 is 0 Å². The zero-order chi connectivity index (χ0) is 12.3. The normalized spacial score (nSPS) is 21.1. The highest BCUT2D eigenvalue weighted by Gasteiger charge is 2.30. The number of morpholine rings is 1. The lowest BCUT2D eigenvalue weighted by atomic mass is 10.0. The maximum absolute atomic E-state index is 12.8. The zero-order valence-electron chi connectivity index (χ0n) is 10.0. The standard InChI is InChI=1S/C13H18FNO2/c1-13(16,15-6-8-17-9-7-15)10-11-2-4-12(14)5-3-11/h2-5,16H,6-10H2,1H3. The molecule has 1 atom stereocenters. The third-order valence-electron chi connectivity index (χ3n) is 3.14. The second-order valence-electron chi connectivity index (χ2n) is 4.62. The van der Waals surface area contributed by atoms with Gasteiger partial charge >= 0.3 is 0 Å². The first kappa shape index (κ1) is 12.5. The number of hydrogen-bond acceptors (Lipinski definition) is 3. The molecule has 1 unspecified atom stereocenters. The van der Waals surface area contributed by atoms with Gasteiger partial charge in [-0.05, 0) is 24.6 Å². The van der Waals surface area contributed by atoms with Gasteiger partial charge in [-0.2, -0.15) is 0 Å². The van der Waals surface area contributed by atoms with E-state index in [1.807, 2.05) is 4.90 Å². The molecule has 1 aliphatic rings. The molecule has 0 spiro atoms. The Hall–Kier alpha value is -0.970. The van der Waals surface area contributed by atoms with Gasteiger partial charge in [-0.1, -0.05) is 12.1 Å². The van der Waals surface area contributed by atoms with Crippen molar-refractivity contribution in [3.63, 3.8) is 0 Å². The predicted molar refractivity (Wildman–Crippen MR) is 63.1 cm³/mol. The van der Waals surface area contributed by atoms with Crippen molar-refractivity contribution >= 4 is 0 Å². The van der Waals surface area contributed by atoms with E-state index in [1.54, 1.807) is 19.1 Å². The highest BCUT2D eigenvalue weighted by Crippen LogP contribution is 2.19. The molecular formula is C13H18FNO2. The maximum Gasteiger partial charge on any atom is 0.123 e. The number of halogens is 1. The Labute approximate surface area is 101 Å². The number of rotatable bonds is 3. The van der Waals surface area contributed by atoms with Crippen molar-refractivity contribution in [2.45, 2.75) is 19.1 Å². The predicted octanol–water partition coefficient (Wildman–Crippen LogP) is 1.41. The Morgan fingerprint density at radius 2 is 1.88 bits per heavy atom. The molecule has 0 radical (unpaired) electrons. The van der Waals surface area contributed by atoms with Gasteiger partial charge in [-0.3, -0.25) is 4.90 Å². The van der Waals surface area contributed by atoms with Crippen LogP contribution in [0.3, 0.4) is 0 Å². The van der Waals surface area contributed by atoms with Crippen LogP contribution in [-0.4, -0.2) is 42.0 Å². The van der Waals surface area contributed by atoms with E-state index in [0.29, 0.717) is 19.6 Å². The number of hydrogen-bond donors (Lipinski definition) is 1. The van der Waals surface area contributed by atoms with Crippen molar-refractivity contribution in [2.75, 3.05) is 26.3 Å². The second kappa shape index (κ2) is 5.12. The fraction of sp³-hybridized carbons (Fsp3) is 0.538. The minimum Gasteiger partial charge on any atom is -0.379 e. The molecule has 1 fully saturated rings. The first-order valence-electron chi connectivity index (χ1n) is 5.87. The average molecular weight is 239 g/mol. The smallest absolute Gasteiger partial charge is 0.123 e. The van der Waals surface area contributed by atoms with Crippen molar-refractivity contribution in [1.29, 1.82) is 0 Å². The van der Waals surface area contributed by atoms with Crippen LogP contribution < -0.4 is 0 Å². The molecule has 1 aromatic carbocycles. The highest BCUT2D eigenvalue weighted by molar-refractivity contribution is 5.17. The van der Waals surface area contributed by atoms with Gasteiger partial charge in [0.1, 0.15) is 11.5 Å². The van der Waals surface area contributed by atoms with Gasteiger partial charge < -0.3 is 9.84 Å². The number of ether oxygens (including phenoxy) is 1. The van der Waals surface area contributed by atoms with E-state index in [2.05, 4.69) is 0 Å². The summed E-state index contributed by atoms with van der Waals surface area (Å²) >= 11 is 0. The van der Waals surface area contributed by atoms with E-state index in [0.717, 1.165) is 18.7 Å². The molecule has 1 aromatic rings. The molecule has 1 N–H and O–H groups in total. The van der Waals surface area contributed by atoms with Gasteiger partial charge in [0, 0.05) is 19.5 Å². The monoisotopic (exact) mass is 239 g/mol. The van der Waals surface area contributed by atoms with Gasteiger partial charge in [-0.25, -0.2) is 4.39 Å². The van der Waals surface area contributed by atoms with Gasteiger partial charge in [0.25, 0.3) is 0 Å². The molecule has 4 heteroatoms. The summed E-state index contributed by atoms with van der Waals surface area (Å²) < 4.78 is 18.0. The van der Waals surface area contributed by atoms with Crippen LogP contribution in [0.2, 0.25) is 0 Å². The van der Waals surface area contributed by atoms with Crippen molar-refractivity contribution < 1.29 is 14.2 Å². The molecule has 0 aliphatic carbocycles. The summed E-state index contributed by atoms with van der Waals surface area (Å²) in [7, 11) is 0. The van der Waals surface area contributed by atoms with Gasteiger partial charge in [0.05, 0.1) is 13.2 Å². The molecule has 1 saturated heterocycles. The van der Waals surface area contributed by atoms with Crippen LogP contribution in [0.15, 0.2) is 24.3 Å². The first-order valence-corrected chi connectivity index (χ1v) is 5.87. The molecular weight excluding hydrogens is 221 g/mol. The number of nitrogens with zero attached hydrogens (tertiary/aromatic N) is 1. The molecule has 17 heavy (non-hydrogen) atoms. The first-order chi connectivity index (χ1) is 8.08. The van der Waals surface area contributed by atoms with Crippen molar-refractivity contribution in [2.24, 2.45) is 0 Å². The molecule has 94 valence electrons. The quantitative estimate of drug-likeness (QED) is 0.865. The third-order valence-corrected chi connectivity index (χ3v) is 3.14. The lowest BCUT2D eigenvalue weighted by Gasteiger charge is -2.39. The maximum atomic E-state index is 12.8. The van der Waals surface area contributed by atoms with Crippen LogP contribution in [-0.2, 0) is 11.2 Å². The largest absolute Gasteiger partial charge is 0.379 e. The Kier molecular flexibility index (Phi) is 3.76. The summed E-state index contributed by atoms with van der Waals surface area (Å²) in [6, 6.07) is 6.27. The minimum atomic E-state index is -0.901. The minimum absolute atomic E-state index is 0.250. The lowest BCUT2D eigenvalue weighted by molar-refractivity contribution is -0.128. The Bertz CT molecular complexity index is 358. The summed E-state index contributed by atoms with van der Waals surface area (Å²) in [4.78, 5) is 2.00. The number of benzene rings is 1. The summed E-state index contributed by atoms with van der Waals surface area (Å²) in [5, 5.41) is 10.4. The van der Waals surface area contributed by atoms with Crippen LogP contribution in [0.5, 0.6) is 0 Å². The van der Waals surface area contributed by atoms with Crippen LogP contribution >= 0.6 is 0 Å². The number of aliphatic hydroxyl groups is 1. The van der Waals surface area contributed by atoms with E-state index in [4.69, 9.17) is 4.74 Å². The summed E-state index contributed by atoms with van der Waals surface area (Å²) in [5.74, 6) is -0.250. The van der Waals surface area contributed by atoms with E-state index < -0.39 is 5.72 Å². The molecule has 0 bridgehead atoms.